The lowest BCUT2D eigenvalue weighted by atomic mass is 10.1. The Hall–Kier alpha value is -4.15. The predicted molar refractivity (Wildman–Crippen MR) is 116 cm³/mol. The quantitative estimate of drug-likeness (QED) is 0.443. The fourth-order valence-electron chi connectivity index (χ4n) is 3.89. The summed E-state index contributed by atoms with van der Waals surface area (Å²) in [5.74, 6) is 0.818. The number of alkyl halides is 3. The molecule has 3 heterocycles. The second-order valence-corrected chi connectivity index (χ2v) is 7.75. The number of hydrogen-bond donors (Lipinski definition) is 1. The monoisotopic (exact) mass is 469 g/mol. The highest BCUT2D eigenvalue weighted by atomic mass is 19.4. The molecule has 2 aromatic carbocycles. The molecule has 1 N–H and O–H groups in total. The number of carbonyl (C=O) groups is 1. The van der Waals surface area contributed by atoms with Gasteiger partial charge in [0.2, 0.25) is 11.7 Å². The summed E-state index contributed by atoms with van der Waals surface area (Å²) < 4.78 is 46.4. The lowest BCUT2D eigenvalue weighted by Crippen LogP contribution is -2.29. The largest absolute Gasteiger partial charge is 0.573 e. The highest BCUT2D eigenvalue weighted by Gasteiger charge is 2.33. The number of anilines is 1. The Balaban J connectivity index is 1.28. The van der Waals surface area contributed by atoms with Crippen molar-refractivity contribution in [2.45, 2.75) is 19.8 Å². The van der Waals surface area contributed by atoms with Gasteiger partial charge in [-0.25, -0.2) is 4.98 Å². The van der Waals surface area contributed by atoms with Gasteiger partial charge in [-0.15, -0.1) is 13.2 Å². The molecule has 0 atom stereocenters. The number of fused-ring (bicyclic) bond motifs is 2. The van der Waals surface area contributed by atoms with Crippen molar-refractivity contribution in [1.29, 1.82) is 0 Å². The third-order valence-electron chi connectivity index (χ3n) is 5.42. The van der Waals surface area contributed by atoms with Crippen LogP contribution in [0.15, 0.2) is 53.2 Å². The van der Waals surface area contributed by atoms with Crippen LogP contribution in [0.3, 0.4) is 0 Å². The Bertz CT molecular complexity index is 1390. The van der Waals surface area contributed by atoms with Crippen LogP contribution >= 0.6 is 0 Å². The smallest absolute Gasteiger partial charge is 0.406 e. The Kier molecular flexibility index (Phi) is 5.31. The number of ether oxygens (including phenoxy) is 1. The number of rotatable bonds is 6. The lowest BCUT2D eigenvalue weighted by molar-refractivity contribution is -0.274. The Labute approximate surface area is 191 Å². The summed E-state index contributed by atoms with van der Waals surface area (Å²) in [6.07, 6.45) is -3.13. The number of aromatic nitrogens is 3. The minimum Gasteiger partial charge on any atom is -0.406 e. The number of carbonyl (C=O) groups excluding carboxylic acids is 1. The molecule has 0 spiro atoms. The van der Waals surface area contributed by atoms with Gasteiger partial charge in [0, 0.05) is 49.3 Å². The molecule has 174 valence electrons. The number of amides is 1. The highest BCUT2D eigenvalue weighted by molar-refractivity contribution is 5.99. The summed E-state index contributed by atoms with van der Waals surface area (Å²) in [5, 5.41) is 9.01. The maximum Gasteiger partial charge on any atom is 0.573 e. The van der Waals surface area contributed by atoms with Gasteiger partial charge in [-0.2, -0.15) is 4.98 Å². The number of pyridine rings is 1. The fraction of sp³-hybridized carbons (Fsp3) is 0.217. The van der Waals surface area contributed by atoms with Crippen LogP contribution in [0.4, 0.5) is 19.0 Å². The number of hydrogen-bond acceptors (Lipinski definition) is 7. The molecule has 2 aromatic heterocycles. The normalized spacial score (nSPS) is 13.4. The molecule has 1 amide bonds. The van der Waals surface area contributed by atoms with Gasteiger partial charge in [0.1, 0.15) is 11.6 Å². The van der Waals surface area contributed by atoms with Crippen LogP contribution in [-0.4, -0.2) is 45.4 Å². The number of nitrogens with zero attached hydrogens (tertiary/aromatic N) is 4. The van der Waals surface area contributed by atoms with E-state index in [0.717, 1.165) is 22.4 Å². The topological polar surface area (TPSA) is 93.4 Å². The lowest BCUT2D eigenvalue weighted by Gasteiger charge is -2.17. The average Bonchev–Trinajstić information content (AvgIpc) is 3.36. The molecule has 0 radical (unpaired) electrons. The van der Waals surface area contributed by atoms with Crippen molar-refractivity contribution in [2.75, 3.05) is 18.4 Å². The van der Waals surface area contributed by atoms with Gasteiger partial charge in [0.05, 0.1) is 0 Å². The summed E-state index contributed by atoms with van der Waals surface area (Å²) in [4.78, 5) is 22.9. The molecule has 8 nitrogen and oxygen atoms in total. The van der Waals surface area contributed by atoms with Crippen molar-refractivity contribution in [3.05, 3.63) is 65.7 Å². The molecule has 1 aliphatic heterocycles. The molecule has 5 rings (SSSR count). The van der Waals surface area contributed by atoms with Gasteiger partial charge in [0.15, 0.2) is 0 Å². The van der Waals surface area contributed by atoms with Crippen LogP contribution in [-0.2, 0) is 6.54 Å². The Morgan fingerprint density at radius 2 is 2.03 bits per heavy atom. The van der Waals surface area contributed by atoms with Gasteiger partial charge in [0.25, 0.3) is 5.91 Å². The molecule has 4 aromatic rings. The molecule has 0 fully saturated rings. The SMILES string of the molecule is Cc1nc(-c2ccc3ccnc(NCCN4Cc5ccc(OC(F)(F)F)cc5C4=O)c3c2)no1. The highest BCUT2D eigenvalue weighted by Crippen LogP contribution is 2.30. The van der Waals surface area contributed by atoms with E-state index in [1.54, 1.807) is 18.0 Å². The first-order chi connectivity index (χ1) is 16.3. The van der Waals surface area contributed by atoms with Crippen molar-refractivity contribution in [3.63, 3.8) is 0 Å². The van der Waals surface area contributed by atoms with E-state index in [1.165, 1.54) is 12.1 Å². The summed E-state index contributed by atoms with van der Waals surface area (Å²) in [5.41, 5.74) is 1.65. The standard InChI is InChI=1S/C23H18F3N5O3/c1-13-29-20(30-34-13)15-3-2-14-6-7-27-21(18(14)10-15)28-8-9-31-12-16-4-5-17(33-23(24,25)26)11-19(16)22(31)32/h2-7,10-11H,8-9,12H2,1H3,(H,27,28). The fourth-order valence-corrected chi connectivity index (χ4v) is 3.89. The van der Waals surface area contributed by atoms with E-state index in [-0.39, 0.29) is 11.5 Å². The van der Waals surface area contributed by atoms with Gasteiger partial charge in [-0.3, -0.25) is 4.79 Å². The maximum absolute atomic E-state index is 12.7. The second-order valence-electron chi connectivity index (χ2n) is 7.75. The van der Waals surface area contributed by atoms with Crippen LogP contribution in [0.5, 0.6) is 5.75 Å². The number of halogens is 3. The van der Waals surface area contributed by atoms with Gasteiger partial charge in [-0.05, 0) is 35.2 Å². The first-order valence-electron chi connectivity index (χ1n) is 10.4. The summed E-state index contributed by atoms with van der Waals surface area (Å²) in [7, 11) is 0. The van der Waals surface area contributed by atoms with Crippen LogP contribution < -0.4 is 10.1 Å². The predicted octanol–water partition coefficient (Wildman–Crippen LogP) is 4.56. The van der Waals surface area contributed by atoms with Crippen molar-refractivity contribution in [2.24, 2.45) is 0 Å². The molecule has 11 heteroatoms. The molecule has 0 unspecified atom stereocenters. The molecule has 0 saturated heterocycles. The third-order valence-corrected chi connectivity index (χ3v) is 5.42. The van der Waals surface area contributed by atoms with Crippen LogP contribution in [0.2, 0.25) is 0 Å². The first-order valence-corrected chi connectivity index (χ1v) is 10.4. The second kappa shape index (κ2) is 8.32. The minimum atomic E-state index is -4.81. The van der Waals surface area contributed by atoms with E-state index < -0.39 is 12.1 Å². The molecule has 1 aliphatic rings. The van der Waals surface area contributed by atoms with Gasteiger partial charge >= 0.3 is 6.36 Å². The van der Waals surface area contributed by atoms with Crippen molar-refractivity contribution in [1.82, 2.24) is 20.0 Å². The van der Waals surface area contributed by atoms with Gasteiger partial charge in [-0.1, -0.05) is 23.4 Å². The zero-order chi connectivity index (χ0) is 23.9. The zero-order valence-corrected chi connectivity index (χ0v) is 17.9. The van der Waals surface area contributed by atoms with Crippen LogP contribution in [0, 0.1) is 6.92 Å². The minimum absolute atomic E-state index is 0.213. The van der Waals surface area contributed by atoms with Crippen LogP contribution in [0.1, 0.15) is 21.8 Å². The number of aryl methyl sites for hydroxylation is 1. The molecule has 0 aliphatic carbocycles. The maximum atomic E-state index is 12.7. The van der Waals surface area contributed by atoms with E-state index in [0.29, 0.717) is 42.7 Å². The van der Waals surface area contributed by atoms with E-state index in [2.05, 4.69) is 25.2 Å². The van der Waals surface area contributed by atoms with E-state index in [4.69, 9.17) is 4.52 Å². The summed E-state index contributed by atoms with van der Waals surface area (Å²) in [6.45, 7) is 2.76. The summed E-state index contributed by atoms with van der Waals surface area (Å²) >= 11 is 0. The molecular formula is C23H18F3N5O3. The molecule has 0 saturated carbocycles. The molecular weight excluding hydrogens is 451 g/mol. The van der Waals surface area contributed by atoms with E-state index >= 15 is 0 Å². The number of nitrogens with one attached hydrogen (secondary N) is 1. The number of benzene rings is 2. The van der Waals surface area contributed by atoms with Crippen molar-refractivity contribution >= 4 is 22.5 Å². The Morgan fingerprint density at radius 1 is 1.18 bits per heavy atom. The molecule has 34 heavy (non-hydrogen) atoms. The molecule has 0 bridgehead atoms. The first kappa shape index (κ1) is 21.7. The Morgan fingerprint density at radius 3 is 2.79 bits per heavy atom. The van der Waals surface area contributed by atoms with Crippen molar-refractivity contribution < 1.29 is 27.2 Å². The third kappa shape index (κ3) is 4.36. The zero-order valence-electron chi connectivity index (χ0n) is 17.9. The van der Waals surface area contributed by atoms with Crippen molar-refractivity contribution in [3.8, 4) is 17.1 Å². The van der Waals surface area contributed by atoms with Gasteiger partial charge < -0.3 is 19.5 Å². The average molecular weight is 469 g/mol. The van der Waals surface area contributed by atoms with E-state index in [9.17, 15) is 18.0 Å². The van der Waals surface area contributed by atoms with E-state index in [1.807, 2.05) is 24.3 Å². The summed E-state index contributed by atoms with van der Waals surface area (Å²) in [6, 6.07) is 11.4. The van der Waals surface area contributed by atoms with Crippen LogP contribution in [0.25, 0.3) is 22.2 Å².